The van der Waals surface area contributed by atoms with Crippen LogP contribution in [0.25, 0.3) is 0 Å². The molecule has 0 aromatic heterocycles. The molecule has 23 heavy (non-hydrogen) atoms. The summed E-state index contributed by atoms with van der Waals surface area (Å²) in [6.07, 6.45) is 0. The van der Waals surface area contributed by atoms with Gasteiger partial charge in [-0.05, 0) is 36.4 Å². The fourth-order valence-corrected chi connectivity index (χ4v) is 2.98. The van der Waals surface area contributed by atoms with Crippen LogP contribution in [0.15, 0.2) is 41.3 Å². The lowest BCUT2D eigenvalue weighted by atomic mass is 10.3. The van der Waals surface area contributed by atoms with Crippen LogP contribution in [0.2, 0.25) is 5.02 Å². The van der Waals surface area contributed by atoms with Crippen molar-refractivity contribution in [3.8, 4) is 11.5 Å². The van der Waals surface area contributed by atoms with Gasteiger partial charge in [-0.1, -0.05) is 11.6 Å². The quantitative estimate of drug-likeness (QED) is 0.844. The van der Waals surface area contributed by atoms with Gasteiger partial charge in [0.2, 0.25) is 5.91 Å². The molecule has 1 aliphatic heterocycles. The summed E-state index contributed by atoms with van der Waals surface area (Å²) >= 11 is 7.24. The SMILES string of the molecule is O=C(CSc1ccc2c(c1)OCCO2)Nc1ccc(F)cc1Cl. The van der Waals surface area contributed by atoms with E-state index in [-0.39, 0.29) is 16.7 Å². The lowest BCUT2D eigenvalue weighted by Crippen LogP contribution is -2.15. The van der Waals surface area contributed by atoms with E-state index >= 15 is 0 Å². The number of hydrogen-bond donors (Lipinski definition) is 1. The number of thioether (sulfide) groups is 1. The van der Waals surface area contributed by atoms with E-state index in [0.717, 1.165) is 11.0 Å². The zero-order valence-corrected chi connectivity index (χ0v) is 13.5. The molecule has 0 bridgehead atoms. The molecular formula is C16H13ClFNO3S. The van der Waals surface area contributed by atoms with Gasteiger partial charge >= 0.3 is 0 Å². The van der Waals surface area contributed by atoms with Crippen molar-refractivity contribution >= 4 is 35.0 Å². The van der Waals surface area contributed by atoms with Gasteiger partial charge in [-0.3, -0.25) is 4.79 Å². The summed E-state index contributed by atoms with van der Waals surface area (Å²) in [6, 6.07) is 9.38. The van der Waals surface area contributed by atoms with Gasteiger partial charge in [0.25, 0.3) is 0 Å². The van der Waals surface area contributed by atoms with E-state index in [1.165, 1.54) is 23.9 Å². The second-order valence-corrected chi connectivity index (χ2v) is 6.22. The van der Waals surface area contributed by atoms with Crippen LogP contribution >= 0.6 is 23.4 Å². The zero-order valence-electron chi connectivity index (χ0n) is 12.0. The molecule has 1 aliphatic rings. The summed E-state index contributed by atoms with van der Waals surface area (Å²) in [6.45, 7) is 1.06. The van der Waals surface area contributed by atoms with Crippen molar-refractivity contribution in [2.24, 2.45) is 0 Å². The van der Waals surface area contributed by atoms with Gasteiger partial charge in [0, 0.05) is 4.90 Å². The van der Waals surface area contributed by atoms with Crippen molar-refractivity contribution in [2.45, 2.75) is 4.90 Å². The first-order chi connectivity index (χ1) is 11.1. The summed E-state index contributed by atoms with van der Waals surface area (Å²) in [5, 5.41) is 2.82. The maximum atomic E-state index is 13.0. The van der Waals surface area contributed by atoms with Crippen molar-refractivity contribution in [3.05, 3.63) is 47.2 Å². The van der Waals surface area contributed by atoms with Gasteiger partial charge in [-0.15, -0.1) is 11.8 Å². The van der Waals surface area contributed by atoms with E-state index in [9.17, 15) is 9.18 Å². The highest BCUT2D eigenvalue weighted by Crippen LogP contribution is 2.34. The van der Waals surface area contributed by atoms with Crippen LogP contribution in [-0.4, -0.2) is 24.9 Å². The molecule has 0 unspecified atom stereocenters. The molecule has 4 nitrogen and oxygen atoms in total. The molecule has 0 aliphatic carbocycles. The summed E-state index contributed by atoms with van der Waals surface area (Å²) in [7, 11) is 0. The monoisotopic (exact) mass is 353 g/mol. The summed E-state index contributed by atoms with van der Waals surface area (Å²) in [4.78, 5) is 12.9. The molecule has 2 aromatic rings. The average Bonchev–Trinajstić information content (AvgIpc) is 2.55. The molecule has 2 aromatic carbocycles. The Morgan fingerprint density at radius 1 is 1.17 bits per heavy atom. The smallest absolute Gasteiger partial charge is 0.234 e. The minimum atomic E-state index is -0.446. The molecule has 0 atom stereocenters. The third-order valence-corrected chi connectivity index (χ3v) is 4.40. The van der Waals surface area contributed by atoms with E-state index in [4.69, 9.17) is 21.1 Å². The van der Waals surface area contributed by atoms with Crippen molar-refractivity contribution < 1.29 is 18.7 Å². The summed E-state index contributed by atoms with van der Waals surface area (Å²) in [5.41, 5.74) is 0.390. The number of benzene rings is 2. The Morgan fingerprint density at radius 2 is 1.96 bits per heavy atom. The van der Waals surface area contributed by atoms with Crippen LogP contribution in [0.4, 0.5) is 10.1 Å². The number of rotatable bonds is 4. The lowest BCUT2D eigenvalue weighted by molar-refractivity contribution is -0.113. The highest BCUT2D eigenvalue weighted by atomic mass is 35.5. The minimum Gasteiger partial charge on any atom is -0.486 e. The first-order valence-electron chi connectivity index (χ1n) is 6.89. The average molecular weight is 354 g/mol. The predicted molar refractivity (Wildman–Crippen MR) is 88.2 cm³/mol. The molecule has 120 valence electrons. The van der Waals surface area contributed by atoms with Crippen LogP contribution in [0.3, 0.4) is 0 Å². The van der Waals surface area contributed by atoms with Crippen LogP contribution in [-0.2, 0) is 4.79 Å². The van der Waals surface area contributed by atoms with Gasteiger partial charge in [0.1, 0.15) is 19.0 Å². The number of hydrogen-bond acceptors (Lipinski definition) is 4. The number of carbonyl (C=O) groups excluding carboxylic acids is 1. The predicted octanol–water partition coefficient (Wildman–Crippen LogP) is 3.98. The molecule has 1 amide bonds. The van der Waals surface area contributed by atoms with E-state index in [2.05, 4.69) is 5.32 Å². The minimum absolute atomic E-state index is 0.169. The Labute approximate surface area is 141 Å². The van der Waals surface area contributed by atoms with Crippen LogP contribution < -0.4 is 14.8 Å². The van der Waals surface area contributed by atoms with Gasteiger partial charge in [0.05, 0.1) is 16.5 Å². The Hall–Kier alpha value is -1.92. The van der Waals surface area contributed by atoms with E-state index < -0.39 is 5.82 Å². The zero-order chi connectivity index (χ0) is 16.2. The van der Waals surface area contributed by atoms with Gasteiger partial charge in [0.15, 0.2) is 11.5 Å². The Balaban J connectivity index is 1.58. The molecule has 0 spiro atoms. The number of anilines is 1. The number of fused-ring (bicyclic) bond motifs is 1. The van der Waals surface area contributed by atoms with Crippen molar-refractivity contribution in [1.29, 1.82) is 0 Å². The molecule has 7 heteroatoms. The highest BCUT2D eigenvalue weighted by molar-refractivity contribution is 8.00. The molecule has 0 saturated heterocycles. The number of nitrogens with one attached hydrogen (secondary N) is 1. The van der Waals surface area contributed by atoms with Crippen LogP contribution in [0, 0.1) is 5.82 Å². The van der Waals surface area contributed by atoms with Crippen molar-refractivity contribution in [3.63, 3.8) is 0 Å². The summed E-state index contributed by atoms with van der Waals surface area (Å²) < 4.78 is 23.9. The molecule has 1 heterocycles. The van der Waals surface area contributed by atoms with Gasteiger partial charge in [-0.2, -0.15) is 0 Å². The Bertz CT molecular complexity index is 741. The molecule has 1 N–H and O–H groups in total. The summed E-state index contributed by atoms with van der Waals surface area (Å²) in [5.74, 6) is 0.927. The highest BCUT2D eigenvalue weighted by Gasteiger charge is 2.13. The number of ether oxygens (including phenoxy) is 2. The van der Waals surface area contributed by atoms with E-state index in [1.807, 2.05) is 18.2 Å². The fourth-order valence-electron chi connectivity index (χ4n) is 2.04. The largest absolute Gasteiger partial charge is 0.486 e. The molecule has 0 saturated carbocycles. The normalized spacial score (nSPS) is 12.8. The standard InChI is InChI=1S/C16H13ClFNO3S/c17-12-7-10(18)1-3-13(12)19-16(20)9-23-11-2-4-14-15(8-11)22-6-5-21-14/h1-4,7-8H,5-6,9H2,(H,19,20). The molecule has 3 rings (SSSR count). The van der Waals surface area contributed by atoms with Gasteiger partial charge in [-0.25, -0.2) is 4.39 Å². The third kappa shape index (κ3) is 4.09. The molecule has 0 fully saturated rings. The second kappa shape index (κ2) is 7.10. The third-order valence-electron chi connectivity index (χ3n) is 3.09. The van der Waals surface area contributed by atoms with Gasteiger partial charge < -0.3 is 14.8 Å². The van der Waals surface area contributed by atoms with Crippen molar-refractivity contribution in [1.82, 2.24) is 0 Å². The Morgan fingerprint density at radius 3 is 2.74 bits per heavy atom. The molecular weight excluding hydrogens is 341 g/mol. The Kier molecular flexibility index (Phi) is 4.93. The van der Waals surface area contributed by atoms with E-state index in [1.54, 1.807) is 0 Å². The lowest BCUT2D eigenvalue weighted by Gasteiger charge is -2.18. The number of amides is 1. The maximum absolute atomic E-state index is 13.0. The first kappa shape index (κ1) is 16.0. The van der Waals surface area contributed by atoms with E-state index in [0.29, 0.717) is 30.4 Å². The van der Waals surface area contributed by atoms with Crippen LogP contribution in [0.1, 0.15) is 0 Å². The maximum Gasteiger partial charge on any atom is 0.234 e. The number of halogens is 2. The topological polar surface area (TPSA) is 47.6 Å². The molecule has 0 radical (unpaired) electrons. The second-order valence-electron chi connectivity index (χ2n) is 4.77. The number of carbonyl (C=O) groups is 1. The van der Waals surface area contributed by atoms with Crippen molar-refractivity contribution in [2.75, 3.05) is 24.3 Å². The van der Waals surface area contributed by atoms with Crippen LogP contribution in [0.5, 0.6) is 11.5 Å². The fraction of sp³-hybridized carbons (Fsp3) is 0.188. The first-order valence-corrected chi connectivity index (χ1v) is 8.25.